The normalized spacial score (nSPS) is 8.32. The van der Waals surface area contributed by atoms with Crippen LogP contribution in [-0.4, -0.2) is 53.5 Å². The Bertz CT molecular complexity index is 1080. The fourth-order valence-corrected chi connectivity index (χ4v) is 2.10. The molecule has 0 unspecified atom stereocenters. The molecule has 0 aliphatic heterocycles. The van der Waals surface area contributed by atoms with Gasteiger partial charge < -0.3 is 29.6 Å². The van der Waals surface area contributed by atoms with Gasteiger partial charge in [0, 0.05) is 11.4 Å². The van der Waals surface area contributed by atoms with Crippen LogP contribution in [-0.2, 0) is 19.1 Å². The summed E-state index contributed by atoms with van der Waals surface area (Å²) in [5.41, 5.74) is 1.02. The molecule has 0 aliphatic rings. The number of nitrogens with one attached hydrogen (secondary N) is 2. The van der Waals surface area contributed by atoms with Crippen molar-refractivity contribution in [3.05, 3.63) is 66.1 Å². The second-order valence-electron chi connectivity index (χ2n) is 5.98. The number of aldehydes is 1. The summed E-state index contributed by atoms with van der Waals surface area (Å²) in [7, 11) is 0. The van der Waals surface area contributed by atoms with Gasteiger partial charge in [0.1, 0.15) is 18.4 Å². The molecule has 0 spiro atoms. The van der Waals surface area contributed by atoms with E-state index in [-0.39, 0.29) is 58.8 Å². The first-order valence-electron chi connectivity index (χ1n) is 12.1. The lowest BCUT2D eigenvalue weighted by Gasteiger charge is -2.00. The number of halogens is 2. The van der Waals surface area contributed by atoms with Crippen molar-refractivity contribution in [2.45, 2.75) is 56.4 Å². The van der Waals surface area contributed by atoms with Gasteiger partial charge in [-0.15, -0.1) is 0 Å². The molecule has 232 valence electrons. The number of aromatic nitrogens is 2. The number of rotatable bonds is 8. The predicted octanol–water partition coefficient (Wildman–Crippen LogP) is 6.39. The molecule has 0 amide bonds. The number of anilines is 3. The zero-order valence-corrected chi connectivity index (χ0v) is 22.9. The molecule has 3 N–H and O–H groups in total. The maximum absolute atomic E-state index is 12.9. The third-order valence-electron chi connectivity index (χ3n) is 3.44. The van der Waals surface area contributed by atoms with E-state index in [2.05, 4.69) is 30.3 Å². The minimum Gasteiger partial charge on any atom is -0.460 e. The lowest BCUT2D eigenvalue weighted by atomic mass is 10.3. The van der Waals surface area contributed by atoms with Crippen molar-refractivity contribution in [2.75, 3.05) is 30.6 Å². The number of aliphatic hydroxyl groups excluding tert-OH is 1. The minimum absolute atomic E-state index is 0. The lowest BCUT2D eigenvalue weighted by Crippen LogP contribution is -2.04. The van der Waals surface area contributed by atoms with Gasteiger partial charge in [-0.2, -0.15) is 0 Å². The van der Waals surface area contributed by atoms with E-state index < -0.39 is 17.8 Å². The van der Waals surface area contributed by atoms with Crippen LogP contribution in [0.5, 0.6) is 0 Å². The smallest absolute Gasteiger partial charge is 0.396 e. The van der Waals surface area contributed by atoms with Crippen LogP contribution >= 0.6 is 0 Å². The summed E-state index contributed by atoms with van der Waals surface area (Å²) in [4.78, 5) is 30.5. The van der Waals surface area contributed by atoms with Gasteiger partial charge in [0.2, 0.25) is 6.29 Å². The van der Waals surface area contributed by atoms with Crippen LogP contribution in [0, 0.1) is 11.6 Å². The van der Waals surface area contributed by atoms with Crippen LogP contribution in [0.1, 0.15) is 67.1 Å². The maximum Gasteiger partial charge on any atom is 0.396 e. The van der Waals surface area contributed by atoms with Crippen LogP contribution in [0.15, 0.2) is 52.9 Å². The highest BCUT2D eigenvalue weighted by molar-refractivity contribution is 6.20. The molecule has 11 nitrogen and oxygen atoms in total. The molecule has 13 heteroatoms. The molecule has 0 aliphatic carbocycles. The van der Waals surface area contributed by atoms with Gasteiger partial charge in [-0.25, -0.2) is 18.4 Å². The Morgan fingerprint density at radius 3 is 1.85 bits per heavy atom. The number of nitrogens with zero attached hydrogens (tertiary/aromatic N) is 2. The van der Waals surface area contributed by atoms with Gasteiger partial charge in [-0.3, -0.25) is 4.79 Å². The summed E-state index contributed by atoms with van der Waals surface area (Å²) < 4.78 is 39.2. The Kier molecular flexibility index (Phi) is 30.5. The summed E-state index contributed by atoms with van der Waals surface area (Å²) in [6.07, 6.45) is 0.142. The molecule has 41 heavy (non-hydrogen) atoms. The molecular weight excluding hydrogens is 542 g/mol. The number of hydrogen-bond donors (Lipinski definition) is 3. The Balaban J connectivity index is -0.000000255. The van der Waals surface area contributed by atoms with Gasteiger partial charge in [0.05, 0.1) is 13.2 Å². The number of carbonyl (C=O) groups excluding carboxylic acids is 3. The summed E-state index contributed by atoms with van der Waals surface area (Å²) in [6.45, 7) is 11.6. The van der Waals surface area contributed by atoms with Crippen molar-refractivity contribution in [3.63, 3.8) is 0 Å². The molecule has 3 aromatic rings. The summed E-state index contributed by atoms with van der Waals surface area (Å²) in [5, 5.41) is 20.7. The number of carbonyl (C=O) groups is 3. The molecule has 0 bridgehead atoms. The van der Waals surface area contributed by atoms with Crippen molar-refractivity contribution in [1.82, 2.24) is 10.2 Å². The molecular formula is C28H44F2N4O7. The third kappa shape index (κ3) is 21.2. The number of benzene rings is 2. The van der Waals surface area contributed by atoms with E-state index in [4.69, 9.17) is 9.52 Å². The van der Waals surface area contributed by atoms with E-state index in [1.165, 1.54) is 30.3 Å². The average molecular weight is 587 g/mol. The van der Waals surface area contributed by atoms with Crippen molar-refractivity contribution >= 4 is 35.6 Å². The Hall–Kier alpha value is -4.39. The highest BCUT2D eigenvalue weighted by Crippen LogP contribution is 2.16. The molecule has 1 heterocycles. The van der Waals surface area contributed by atoms with E-state index in [1.807, 2.05) is 27.7 Å². The Morgan fingerprint density at radius 1 is 0.902 bits per heavy atom. The minimum atomic E-state index is -0.803. The van der Waals surface area contributed by atoms with Crippen LogP contribution in [0.4, 0.5) is 26.2 Å². The van der Waals surface area contributed by atoms with Crippen LogP contribution in [0.2, 0.25) is 0 Å². The fraction of sp³-hybridized carbons (Fsp3) is 0.393. The summed E-state index contributed by atoms with van der Waals surface area (Å²) in [6, 6.07) is 11.6. The zero-order valence-electron chi connectivity index (χ0n) is 22.9. The maximum atomic E-state index is 12.9. The topological polar surface area (TPSA) is 153 Å². The predicted molar refractivity (Wildman–Crippen MR) is 156 cm³/mol. The van der Waals surface area contributed by atoms with Crippen molar-refractivity contribution < 1.29 is 42.2 Å². The Labute approximate surface area is 241 Å². The number of ether oxygens (including phenoxy) is 2. The first-order valence-corrected chi connectivity index (χ1v) is 12.1. The Morgan fingerprint density at radius 2 is 1.41 bits per heavy atom. The first kappa shape index (κ1) is 43.7. The van der Waals surface area contributed by atoms with Gasteiger partial charge in [0.15, 0.2) is 0 Å². The molecule has 0 fully saturated rings. The van der Waals surface area contributed by atoms with Gasteiger partial charge in [0.25, 0.3) is 0 Å². The van der Waals surface area contributed by atoms with E-state index in [0.717, 1.165) is 0 Å². The van der Waals surface area contributed by atoms with Crippen LogP contribution in [0.3, 0.4) is 0 Å². The first-order chi connectivity index (χ1) is 18.8. The molecule has 1 aromatic heterocycles. The van der Waals surface area contributed by atoms with E-state index in [0.29, 0.717) is 11.4 Å². The highest BCUT2D eigenvalue weighted by atomic mass is 19.1. The molecule has 0 saturated carbocycles. The van der Waals surface area contributed by atoms with Crippen molar-refractivity contribution in [1.29, 1.82) is 0 Å². The number of hydrogen-bond acceptors (Lipinski definition) is 11. The van der Waals surface area contributed by atoms with Crippen molar-refractivity contribution in [2.24, 2.45) is 0 Å². The quantitative estimate of drug-likeness (QED) is 0.116. The largest absolute Gasteiger partial charge is 0.460 e. The van der Waals surface area contributed by atoms with Gasteiger partial charge >= 0.3 is 23.8 Å². The van der Waals surface area contributed by atoms with Gasteiger partial charge in [-0.05, 0) is 50.2 Å². The molecule has 0 radical (unpaired) electrons. The second kappa shape index (κ2) is 28.6. The molecule has 3 rings (SSSR count). The monoisotopic (exact) mass is 586 g/mol. The molecule has 2 aromatic carbocycles. The number of esters is 2. The third-order valence-corrected chi connectivity index (χ3v) is 3.44. The van der Waals surface area contributed by atoms with E-state index >= 15 is 0 Å². The van der Waals surface area contributed by atoms with Crippen LogP contribution in [0.25, 0.3) is 0 Å². The SMILES string of the molecule is C.C.CC.CC.CCOC(=O)C=O.CCOC(=O)c1nnc(Nc2cccc(F)c2)o1.OCNc1cccc(F)c1. The van der Waals surface area contributed by atoms with E-state index in [1.54, 1.807) is 32.0 Å². The molecule has 0 atom stereocenters. The summed E-state index contributed by atoms with van der Waals surface area (Å²) >= 11 is 0. The highest BCUT2D eigenvalue weighted by Gasteiger charge is 2.15. The second-order valence-corrected chi connectivity index (χ2v) is 5.98. The fourth-order valence-electron chi connectivity index (χ4n) is 2.10. The summed E-state index contributed by atoms with van der Waals surface area (Å²) in [5.74, 6) is -2.46. The van der Waals surface area contributed by atoms with E-state index in [9.17, 15) is 23.2 Å². The van der Waals surface area contributed by atoms with Crippen molar-refractivity contribution in [3.8, 4) is 0 Å². The lowest BCUT2D eigenvalue weighted by molar-refractivity contribution is -0.148. The standard InChI is InChI=1S/C11H10FN3O3.C7H8FNO.C4H6O3.2C2H6.2CH4/c1-2-17-10(16)9-14-15-11(18-9)13-8-5-3-4-7(12)6-8;8-6-2-1-3-7(4-6)9-5-10;1-2-7-4(6)3-5;2*1-2;;/h3-6H,2H2,1H3,(H,13,15);1-4,9-10H,5H2;3H,2H2,1H3;2*1-2H3;2*1H4. The van der Waals surface area contributed by atoms with Crippen LogP contribution < -0.4 is 10.6 Å². The number of aliphatic hydroxyl groups is 1. The average Bonchev–Trinajstić information content (AvgIpc) is 3.41. The van der Waals surface area contributed by atoms with Gasteiger partial charge in [-0.1, -0.05) is 64.9 Å². The molecule has 0 saturated heterocycles. The zero-order chi connectivity index (χ0) is 30.1.